The summed E-state index contributed by atoms with van der Waals surface area (Å²) in [7, 11) is 0. The number of nitrogens with zero attached hydrogens (tertiary/aromatic N) is 5. The molecule has 0 saturated heterocycles. The van der Waals surface area contributed by atoms with E-state index < -0.39 is 5.97 Å². The number of furan rings is 1. The van der Waals surface area contributed by atoms with Crippen LogP contribution in [0.25, 0.3) is 11.3 Å². The SMILES string of the molecule is Nc1nnnn1N=Cc1ccc(-c2ccc(C(=O)O)c(O)c2)o1. The first kappa shape index (κ1) is 14.3. The summed E-state index contributed by atoms with van der Waals surface area (Å²) >= 11 is 0. The Morgan fingerprint density at radius 3 is 2.83 bits per heavy atom. The fourth-order valence-electron chi connectivity index (χ4n) is 1.83. The van der Waals surface area contributed by atoms with Gasteiger partial charge in [-0.15, -0.1) is 0 Å². The second kappa shape index (κ2) is 5.60. The number of phenols is 1. The van der Waals surface area contributed by atoms with E-state index in [4.69, 9.17) is 15.3 Å². The molecule has 23 heavy (non-hydrogen) atoms. The first-order valence-electron chi connectivity index (χ1n) is 6.29. The summed E-state index contributed by atoms with van der Waals surface area (Å²) in [6.07, 6.45) is 1.36. The number of nitrogen functional groups attached to an aromatic ring is 1. The second-order valence-electron chi connectivity index (χ2n) is 4.41. The van der Waals surface area contributed by atoms with E-state index in [2.05, 4.69) is 20.6 Å². The third-order valence-electron chi connectivity index (χ3n) is 2.91. The molecule has 0 aliphatic heterocycles. The summed E-state index contributed by atoms with van der Waals surface area (Å²) in [5.74, 6) is -0.689. The number of tetrazole rings is 1. The van der Waals surface area contributed by atoms with E-state index in [-0.39, 0.29) is 17.3 Å². The van der Waals surface area contributed by atoms with Crippen molar-refractivity contribution in [2.45, 2.75) is 0 Å². The van der Waals surface area contributed by atoms with Gasteiger partial charge in [-0.05, 0) is 34.7 Å². The van der Waals surface area contributed by atoms with Gasteiger partial charge >= 0.3 is 5.97 Å². The molecule has 3 aromatic rings. The van der Waals surface area contributed by atoms with Gasteiger partial charge in [0.2, 0.25) is 0 Å². The molecule has 2 heterocycles. The van der Waals surface area contributed by atoms with Crippen LogP contribution < -0.4 is 5.73 Å². The highest BCUT2D eigenvalue weighted by atomic mass is 16.4. The molecule has 0 fully saturated rings. The normalized spacial score (nSPS) is 11.1. The lowest BCUT2D eigenvalue weighted by Gasteiger charge is -2.01. The number of aromatic carboxylic acids is 1. The molecule has 0 aliphatic carbocycles. The van der Waals surface area contributed by atoms with Crippen molar-refractivity contribution in [2.24, 2.45) is 5.10 Å². The zero-order valence-electron chi connectivity index (χ0n) is 11.5. The Morgan fingerprint density at radius 1 is 1.35 bits per heavy atom. The minimum Gasteiger partial charge on any atom is -0.507 e. The third kappa shape index (κ3) is 2.85. The van der Waals surface area contributed by atoms with Gasteiger partial charge in [-0.3, -0.25) is 0 Å². The van der Waals surface area contributed by atoms with Crippen molar-refractivity contribution >= 4 is 18.1 Å². The fraction of sp³-hybridized carbons (Fsp3) is 0. The highest BCUT2D eigenvalue weighted by Crippen LogP contribution is 2.27. The van der Waals surface area contributed by atoms with Crippen molar-refractivity contribution in [1.29, 1.82) is 0 Å². The van der Waals surface area contributed by atoms with E-state index in [1.807, 2.05) is 0 Å². The van der Waals surface area contributed by atoms with Gasteiger partial charge < -0.3 is 20.4 Å². The van der Waals surface area contributed by atoms with Crippen LogP contribution in [0.3, 0.4) is 0 Å². The van der Waals surface area contributed by atoms with Gasteiger partial charge in [0.1, 0.15) is 22.8 Å². The van der Waals surface area contributed by atoms with Gasteiger partial charge in [-0.2, -0.15) is 5.10 Å². The number of carboxylic acid groups (broad SMARTS) is 1. The van der Waals surface area contributed by atoms with Gasteiger partial charge in [0.15, 0.2) is 0 Å². The Labute approximate surface area is 128 Å². The Morgan fingerprint density at radius 2 is 2.17 bits per heavy atom. The summed E-state index contributed by atoms with van der Waals surface area (Å²) in [6.45, 7) is 0. The number of benzene rings is 1. The molecule has 10 nitrogen and oxygen atoms in total. The number of hydrogen-bond acceptors (Lipinski definition) is 8. The molecule has 2 aromatic heterocycles. The summed E-state index contributed by atoms with van der Waals surface area (Å²) in [5.41, 5.74) is 5.80. The van der Waals surface area contributed by atoms with Crippen LogP contribution >= 0.6 is 0 Å². The second-order valence-corrected chi connectivity index (χ2v) is 4.41. The zero-order chi connectivity index (χ0) is 16.4. The van der Waals surface area contributed by atoms with Crippen LogP contribution in [-0.2, 0) is 0 Å². The van der Waals surface area contributed by atoms with Crippen molar-refractivity contribution < 1.29 is 19.4 Å². The monoisotopic (exact) mass is 314 g/mol. The van der Waals surface area contributed by atoms with Crippen LogP contribution in [0.15, 0.2) is 39.9 Å². The average Bonchev–Trinajstić information content (AvgIpc) is 3.13. The van der Waals surface area contributed by atoms with Crippen LogP contribution in [0.2, 0.25) is 0 Å². The van der Waals surface area contributed by atoms with E-state index in [9.17, 15) is 9.90 Å². The fourth-order valence-corrected chi connectivity index (χ4v) is 1.83. The lowest BCUT2D eigenvalue weighted by molar-refractivity contribution is 0.0694. The molecular formula is C13H10N6O4. The number of carbonyl (C=O) groups is 1. The minimum absolute atomic E-state index is 0.0298. The molecular weight excluding hydrogens is 304 g/mol. The Hall–Kier alpha value is -3.69. The smallest absolute Gasteiger partial charge is 0.339 e. The van der Waals surface area contributed by atoms with Crippen molar-refractivity contribution in [3.05, 3.63) is 41.7 Å². The van der Waals surface area contributed by atoms with Gasteiger partial charge in [0.05, 0.1) is 6.21 Å². The molecule has 4 N–H and O–H groups in total. The average molecular weight is 314 g/mol. The van der Waals surface area contributed by atoms with Crippen LogP contribution in [0.1, 0.15) is 16.1 Å². The molecule has 0 radical (unpaired) electrons. The van der Waals surface area contributed by atoms with Gasteiger partial charge in [-0.1, -0.05) is 16.0 Å². The van der Waals surface area contributed by atoms with Crippen molar-refractivity contribution in [1.82, 2.24) is 20.3 Å². The summed E-state index contributed by atoms with van der Waals surface area (Å²) < 4.78 is 5.53. The Bertz CT molecular complexity index is 898. The predicted octanol–water partition coefficient (Wildman–Crippen LogP) is 0.801. The molecule has 1 aromatic carbocycles. The predicted molar refractivity (Wildman–Crippen MR) is 78.0 cm³/mol. The lowest BCUT2D eigenvalue weighted by atomic mass is 10.1. The van der Waals surface area contributed by atoms with E-state index in [0.29, 0.717) is 17.1 Å². The third-order valence-corrected chi connectivity index (χ3v) is 2.91. The first-order valence-corrected chi connectivity index (χ1v) is 6.29. The number of nitrogens with two attached hydrogens (primary N) is 1. The van der Waals surface area contributed by atoms with E-state index >= 15 is 0 Å². The number of carboxylic acids is 1. The number of aromatic nitrogens is 4. The topological polar surface area (TPSA) is 153 Å². The molecule has 0 bridgehead atoms. The molecule has 10 heteroatoms. The van der Waals surface area contributed by atoms with Crippen molar-refractivity contribution in [3.63, 3.8) is 0 Å². The molecule has 116 valence electrons. The van der Waals surface area contributed by atoms with Gasteiger partial charge in [-0.25, -0.2) is 4.79 Å². The molecule has 0 aliphatic rings. The van der Waals surface area contributed by atoms with Crippen LogP contribution in [0, 0.1) is 0 Å². The Balaban J connectivity index is 1.85. The quantitative estimate of drug-likeness (QED) is 0.598. The van der Waals surface area contributed by atoms with Crippen molar-refractivity contribution in [2.75, 3.05) is 5.73 Å². The standard InChI is InChI=1S/C13H10N6O4/c14-13-16-17-18-19(13)15-6-8-2-4-11(23-8)7-1-3-9(12(21)22)10(20)5-7/h1-6,20H,(H,21,22)(H2,14,16,18). The molecule has 0 atom stereocenters. The lowest BCUT2D eigenvalue weighted by Crippen LogP contribution is -1.99. The Kier molecular flexibility index (Phi) is 3.47. The number of anilines is 1. The molecule has 0 saturated carbocycles. The minimum atomic E-state index is -1.21. The molecule has 3 rings (SSSR count). The summed E-state index contributed by atoms with van der Waals surface area (Å²) in [5, 5.41) is 32.8. The van der Waals surface area contributed by atoms with E-state index in [1.54, 1.807) is 12.1 Å². The molecule has 0 unspecified atom stereocenters. The molecule has 0 amide bonds. The van der Waals surface area contributed by atoms with Gasteiger partial charge in [0, 0.05) is 5.56 Å². The molecule has 0 spiro atoms. The summed E-state index contributed by atoms with van der Waals surface area (Å²) in [6, 6.07) is 7.43. The number of rotatable bonds is 4. The van der Waals surface area contributed by atoms with Crippen LogP contribution in [-0.4, -0.2) is 42.7 Å². The van der Waals surface area contributed by atoms with Gasteiger partial charge in [0.25, 0.3) is 5.95 Å². The first-order chi connectivity index (χ1) is 11.0. The maximum absolute atomic E-state index is 10.9. The van der Waals surface area contributed by atoms with Crippen molar-refractivity contribution in [3.8, 4) is 17.1 Å². The highest BCUT2D eigenvalue weighted by Gasteiger charge is 2.12. The largest absolute Gasteiger partial charge is 0.507 e. The summed E-state index contributed by atoms with van der Waals surface area (Å²) in [4.78, 5) is 11.9. The van der Waals surface area contributed by atoms with Crippen LogP contribution in [0.5, 0.6) is 5.75 Å². The van der Waals surface area contributed by atoms with E-state index in [0.717, 1.165) is 4.79 Å². The zero-order valence-corrected chi connectivity index (χ0v) is 11.5. The maximum atomic E-state index is 10.9. The number of aromatic hydroxyl groups is 1. The maximum Gasteiger partial charge on any atom is 0.339 e. The van der Waals surface area contributed by atoms with E-state index in [1.165, 1.54) is 24.4 Å². The highest BCUT2D eigenvalue weighted by molar-refractivity contribution is 5.91. The number of hydrogen-bond donors (Lipinski definition) is 3. The van der Waals surface area contributed by atoms with Crippen LogP contribution in [0.4, 0.5) is 5.95 Å².